The van der Waals surface area contributed by atoms with E-state index < -0.39 is 28.5 Å². The van der Waals surface area contributed by atoms with Crippen LogP contribution in [-0.4, -0.2) is 44.3 Å². The van der Waals surface area contributed by atoms with Crippen molar-refractivity contribution in [1.29, 1.82) is 0 Å². The minimum Gasteiger partial charge on any atom is -0.354 e. The van der Waals surface area contributed by atoms with Gasteiger partial charge < -0.3 is 10.2 Å². The number of halogens is 1. The molecule has 3 aromatic rings. The van der Waals surface area contributed by atoms with E-state index in [1.165, 1.54) is 17.0 Å². The molecule has 1 N–H and O–H groups in total. The van der Waals surface area contributed by atoms with Crippen LogP contribution in [0.1, 0.15) is 43.4 Å². The summed E-state index contributed by atoms with van der Waals surface area (Å²) in [6, 6.07) is 19.6. The maximum Gasteiger partial charge on any atom is 0.264 e. The predicted octanol–water partition coefficient (Wildman–Crippen LogP) is 5.49. The number of nitrogens with one attached hydrogen (secondary N) is 1. The van der Waals surface area contributed by atoms with Gasteiger partial charge in [0.15, 0.2) is 0 Å². The highest BCUT2D eigenvalue weighted by Gasteiger charge is 2.33. The molecule has 0 bridgehead atoms. The van der Waals surface area contributed by atoms with E-state index in [1.54, 1.807) is 61.5 Å². The second-order valence-electron chi connectivity index (χ2n) is 9.48. The molecule has 3 rings (SSSR count). The molecule has 208 valence electrons. The summed E-state index contributed by atoms with van der Waals surface area (Å²) in [7, 11) is -4.11. The van der Waals surface area contributed by atoms with Gasteiger partial charge in [0.25, 0.3) is 10.0 Å². The molecule has 0 saturated heterocycles. The Morgan fingerprint density at radius 1 is 0.949 bits per heavy atom. The Morgan fingerprint density at radius 2 is 1.62 bits per heavy atom. The predicted molar refractivity (Wildman–Crippen MR) is 156 cm³/mol. The van der Waals surface area contributed by atoms with Crippen molar-refractivity contribution in [2.75, 3.05) is 17.4 Å². The van der Waals surface area contributed by atoms with Crippen molar-refractivity contribution in [3.8, 4) is 0 Å². The van der Waals surface area contributed by atoms with Gasteiger partial charge in [0.05, 0.1) is 10.6 Å². The van der Waals surface area contributed by atoms with Crippen LogP contribution in [0.15, 0.2) is 77.7 Å². The van der Waals surface area contributed by atoms with Crippen LogP contribution in [0.4, 0.5) is 5.69 Å². The van der Waals surface area contributed by atoms with Crippen LogP contribution in [0.2, 0.25) is 5.02 Å². The molecule has 0 fully saturated rings. The van der Waals surface area contributed by atoms with Crippen molar-refractivity contribution in [2.24, 2.45) is 0 Å². The van der Waals surface area contributed by atoms with Gasteiger partial charge in [-0.3, -0.25) is 13.9 Å². The standard InChI is InChI=1S/C30H36ClN3O4S/c1-5-6-19-32-30(36)24(4)33(20-25-14-10-11-17-27(25)31)29(35)21-34(28-18-12-13-22(2)23(28)3)39(37,38)26-15-8-7-9-16-26/h7-18,24H,5-6,19-21H2,1-4H3,(H,32,36). The molecule has 0 aliphatic heterocycles. The first-order valence-electron chi connectivity index (χ1n) is 13.0. The molecule has 0 saturated carbocycles. The van der Waals surface area contributed by atoms with Gasteiger partial charge in [-0.2, -0.15) is 0 Å². The second kappa shape index (κ2) is 13.6. The Labute approximate surface area is 236 Å². The summed E-state index contributed by atoms with van der Waals surface area (Å²) in [6.45, 7) is 7.44. The topological polar surface area (TPSA) is 86.8 Å². The van der Waals surface area contributed by atoms with Crippen molar-refractivity contribution in [2.45, 2.75) is 58.0 Å². The summed E-state index contributed by atoms with van der Waals surface area (Å²) in [5.74, 6) is -0.832. The lowest BCUT2D eigenvalue weighted by molar-refractivity contribution is -0.139. The number of anilines is 1. The van der Waals surface area contributed by atoms with Gasteiger partial charge in [-0.25, -0.2) is 8.42 Å². The zero-order chi connectivity index (χ0) is 28.6. The molecule has 3 aromatic carbocycles. The largest absolute Gasteiger partial charge is 0.354 e. The lowest BCUT2D eigenvalue weighted by Gasteiger charge is -2.32. The molecule has 0 aliphatic carbocycles. The molecule has 39 heavy (non-hydrogen) atoms. The zero-order valence-corrected chi connectivity index (χ0v) is 24.4. The first kappa shape index (κ1) is 30.2. The van der Waals surface area contributed by atoms with Crippen molar-refractivity contribution in [1.82, 2.24) is 10.2 Å². The zero-order valence-electron chi connectivity index (χ0n) is 22.9. The summed E-state index contributed by atoms with van der Waals surface area (Å²) in [5.41, 5.74) is 2.70. The molecule has 0 aliphatic rings. The number of carbonyl (C=O) groups excluding carboxylic acids is 2. The highest BCUT2D eigenvalue weighted by Crippen LogP contribution is 2.29. The van der Waals surface area contributed by atoms with E-state index >= 15 is 0 Å². The van der Waals surface area contributed by atoms with Gasteiger partial charge in [-0.15, -0.1) is 0 Å². The fourth-order valence-electron chi connectivity index (χ4n) is 4.17. The number of nitrogens with zero attached hydrogens (tertiary/aromatic N) is 2. The summed E-state index contributed by atoms with van der Waals surface area (Å²) in [6.07, 6.45) is 1.73. The van der Waals surface area contributed by atoms with E-state index in [0.29, 0.717) is 22.8 Å². The quantitative estimate of drug-likeness (QED) is 0.292. The van der Waals surface area contributed by atoms with Gasteiger partial charge in [0, 0.05) is 18.1 Å². The summed E-state index contributed by atoms with van der Waals surface area (Å²) < 4.78 is 28.9. The van der Waals surface area contributed by atoms with E-state index in [-0.39, 0.29) is 17.3 Å². The van der Waals surface area contributed by atoms with Crippen LogP contribution >= 0.6 is 11.6 Å². The molecular weight excluding hydrogens is 534 g/mol. The number of sulfonamides is 1. The van der Waals surface area contributed by atoms with E-state index in [9.17, 15) is 18.0 Å². The SMILES string of the molecule is CCCCNC(=O)C(C)N(Cc1ccccc1Cl)C(=O)CN(c1cccc(C)c1C)S(=O)(=O)c1ccccc1. The van der Waals surface area contributed by atoms with Crippen molar-refractivity contribution < 1.29 is 18.0 Å². The molecule has 2 amide bonds. The van der Waals surface area contributed by atoms with Crippen LogP contribution in [-0.2, 0) is 26.2 Å². The Bertz CT molecular complexity index is 1400. The molecule has 0 spiro atoms. The second-order valence-corrected chi connectivity index (χ2v) is 11.7. The Kier molecular flexibility index (Phi) is 10.5. The normalized spacial score (nSPS) is 12.0. The van der Waals surface area contributed by atoms with Gasteiger partial charge in [0.1, 0.15) is 12.6 Å². The first-order chi connectivity index (χ1) is 18.6. The van der Waals surface area contributed by atoms with Crippen LogP contribution in [0.25, 0.3) is 0 Å². The lowest BCUT2D eigenvalue weighted by Crippen LogP contribution is -2.51. The monoisotopic (exact) mass is 569 g/mol. The summed E-state index contributed by atoms with van der Waals surface area (Å²) >= 11 is 6.41. The smallest absolute Gasteiger partial charge is 0.264 e. The van der Waals surface area contributed by atoms with Crippen molar-refractivity contribution in [3.63, 3.8) is 0 Å². The number of benzene rings is 3. The number of hydrogen-bond donors (Lipinski definition) is 1. The summed E-state index contributed by atoms with van der Waals surface area (Å²) in [4.78, 5) is 28.5. The third-order valence-corrected chi connectivity index (χ3v) is 8.89. The minimum atomic E-state index is -4.11. The third kappa shape index (κ3) is 7.40. The molecule has 9 heteroatoms. The Hall–Kier alpha value is -3.36. The fourth-order valence-corrected chi connectivity index (χ4v) is 5.86. The fraction of sp³-hybridized carbons (Fsp3) is 0.333. The molecule has 0 aromatic heterocycles. The Morgan fingerprint density at radius 3 is 2.28 bits per heavy atom. The van der Waals surface area contributed by atoms with Gasteiger partial charge in [-0.1, -0.05) is 73.5 Å². The molecule has 0 radical (unpaired) electrons. The molecule has 1 atom stereocenters. The van der Waals surface area contributed by atoms with Gasteiger partial charge in [0.2, 0.25) is 11.8 Å². The van der Waals surface area contributed by atoms with Crippen LogP contribution in [0.5, 0.6) is 0 Å². The van der Waals surface area contributed by atoms with Crippen LogP contribution in [0, 0.1) is 13.8 Å². The number of aryl methyl sites for hydroxylation is 1. The van der Waals surface area contributed by atoms with Crippen LogP contribution < -0.4 is 9.62 Å². The Balaban J connectivity index is 2.04. The van der Waals surface area contributed by atoms with Crippen molar-refractivity contribution in [3.05, 3.63) is 94.5 Å². The maximum absolute atomic E-state index is 14.0. The van der Waals surface area contributed by atoms with E-state index in [2.05, 4.69) is 5.32 Å². The number of amides is 2. The average Bonchev–Trinajstić information content (AvgIpc) is 2.93. The lowest BCUT2D eigenvalue weighted by atomic mass is 10.1. The first-order valence-corrected chi connectivity index (χ1v) is 14.8. The number of unbranched alkanes of at least 4 members (excludes halogenated alkanes) is 1. The minimum absolute atomic E-state index is 0.0485. The van der Waals surface area contributed by atoms with E-state index in [1.807, 2.05) is 26.8 Å². The molecule has 7 nitrogen and oxygen atoms in total. The number of carbonyl (C=O) groups is 2. The molecule has 1 unspecified atom stereocenters. The molecule has 0 heterocycles. The van der Waals surface area contributed by atoms with Crippen LogP contribution in [0.3, 0.4) is 0 Å². The summed E-state index contributed by atoms with van der Waals surface area (Å²) in [5, 5.41) is 3.33. The van der Waals surface area contributed by atoms with Gasteiger partial charge >= 0.3 is 0 Å². The average molecular weight is 570 g/mol. The highest BCUT2D eigenvalue weighted by atomic mass is 35.5. The number of hydrogen-bond acceptors (Lipinski definition) is 4. The number of rotatable bonds is 12. The van der Waals surface area contributed by atoms with Gasteiger partial charge in [-0.05, 0) is 68.1 Å². The molecular formula is C30H36ClN3O4S. The van der Waals surface area contributed by atoms with Crippen molar-refractivity contribution >= 4 is 39.1 Å². The highest BCUT2D eigenvalue weighted by molar-refractivity contribution is 7.92. The third-order valence-electron chi connectivity index (χ3n) is 6.75. The van der Waals surface area contributed by atoms with E-state index in [4.69, 9.17) is 11.6 Å². The van der Waals surface area contributed by atoms with E-state index in [0.717, 1.165) is 28.3 Å². The maximum atomic E-state index is 14.0.